The molecule has 0 unspecified atom stereocenters. The Hall–Kier alpha value is -3.72. The second-order valence-electron chi connectivity index (χ2n) is 7.63. The molecule has 0 bridgehead atoms. The van der Waals surface area contributed by atoms with Gasteiger partial charge in [-0.1, -0.05) is 66.2 Å². The first-order valence-corrected chi connectivity index (χ1v) is 13.3. The Morgan fingerprint density at radius 3 is 2.00 bits per heavy atom. The summed E-state index contributed by atoms with van der Waals surface area (Å²) in [4.78, 5) is 12.6. The Labute approximate surface area is 210 Å². The van der Waals surface area contributed by atoms with Crippen molar-refractivity contribution in [1.29, 1.82) is 0 Å². The standard InChI is InChI=1S/C26H18ClN3O3S2/c27-25-21-8-3-1-6-19(21)23(20-7-2-4-9-22(20)25)16-28-29-26(31)17-11-13-18(14-12-17)30-35(32,33)24-10-5-15-34-24/h1-16,30H,(H,29,31). The number of hydrazone groups is 1. The summed E-state index contributed by atoms with van der Waals surface area (Å²) in [7, 11) is -3.65. The molecule has 2 N–H and O–H groups in total. The van der Waals surface area contributed by atoms with Crippen molar-refractivity contribution in [3.63, 3.8) is 0 Å². The highest BCUT2D eigenvalue weighted by atomic mass is 35.5. The minimum Gasteiger partial charge on any atom is -0.279 e. The lowest BCUT2D eigenvalue weighted by Crippen LogP contribution is -2.18. The number of carbonyl (C=O) groups is 1. The molecule has 0 atom stereocenters. The number of rotatable bonds is 6. The summed E-state index contributed by atoms with van der Waals surface area (Å²) in [5.41, 5.74) is 4.09. The fourth-order valence-electron chi connectivity index (χ4n) is 3.78. The minimum atomic E-state index is -3.65. The Morgan fingerprint density at radius 2 is 1.43 bits per heavy atom. The Kier molecular flexibility index (Phi) is 6.25. The van der Waals surface area contributed by atoms with E-state index in [2.05, 4.69) is 15.2 Å². The number of carbonyl (C=O) groups excluding carboxylic acids is 1. The molecule has 0 fully saturated rings. The van der Waals surface area contributed by atoms with Crippen molar-refractivity contribution in [1.82, 2.24) is 5.43 Å². The molecular formula is C26H18ClN3O3S2. The van der Waals surface area contributed by atoms with Crippen molar-refractivity contribution < 1.29 is 13.2 Å². The van der Waals surface area contributed by atoms with Crippen LogP contribution in [0.1, 0.15) is 15.9 Å². The smallest absolute Gasteiger partial charge is 0.271 e. The van der Waals surface area contributed by atoms with Gasteiger partial charge in [-0.25, -0.2) is 13.8 Å². The van der Waals surface area contributed by atoms with Crippen LogP contribution in [0.3, 0.4) is 0 Å². The van der Waals surface area contributed by atoms with Gasteiger partial charge in [0.15, 0.2) is 0 Å². The molecule has 35 heavy (non-hydrogen) atoms. The van der Waals surface area contributed by atoms with Crippen molar-refractivity contribution in [2.75, 3.05) is 4.72 Å². The zero-order valence-electron chi connectivity index (χ0n) is 18.1. The molecular weight excluding hydrogens is 502 g/mol. The number of halogens is 1. The van der Waals surface area contributed by atoms with Gasteiger partial charge in [-0.3, -0.25) is 9.52 Å². The maximum Gasteiger partial charge on any atom is 0.271 e. The van der Waals surface area contributed by atoms with E-state index < -0.39 is 15.9 Å². The predicted molar refractivity (Wildman–Crippen MR) is 143 cm³/mol. The van der Waals surface area contributed by atoms with Gasteiger partial charge in [0, 0.05) is 27.6 Å². The summed E-state index contributed by atoms with van der Waals surface area (Å²) >= 11 is 7.76. The number of benzene rings is 4. The summed E-state index contributed by atoms with van der Waals surface area (Å²) in [6, 6.07) is 24.9. The molecule has 0 saturated carbocycles. The molecule has 1 aromatic heterocycles. The fraction of sp³-hybridized carbons (Fsp3) is 0. The van der Waals surface area contributed by atoms with E-state index in [9.17, 15) is 13.2 Å². The predicted octanol–water partition coefficient (Wildman–Crippen LogP) is 6.27. The highest BCUT2D eigenvalue weighted by Gasteiger charge is 2.15. The number of thiophene rings is 1. The molecule has 9 heteroatoms. The lowest BCUT2D eigenvalue weighted by atomic mass is 9.97. The van der Waals surface area contributed by atoms with E-state index >= 15 is 0 Å². The number of hydrogen-bond acceptors (Lipinski definition) is 5. The highest BCUT2D eigenvalue weighted by molar-refractivity contribution is 7.94. The van der Waals surface area contributed by atoms with Gasteiger partial charge in [0.05, 0.1) is 11.2 Å². The van der Waals surface area contributed by atoms with Crippen molar-refractivity contribution >= 4 is 72.3 Å². The third-order valence-electron chi connectivity index (χ3n) is 5.43. The van der Waals surface area contributed by atoms with Gasteiger partial charge < -0.3 is 0 Å². The van der Waals surface area contributed by atoms with Crippen LogP contribution in [-0.4, -0.2) is 20.5 Å². The first-order chi connectivity index (χ1) is 16.9. The van der Waals surface area contributed by atoms with Gasteiger partial charge in [0.1, 0.15) is 4.21 Å². The average Bonchev–Trinajstić information content (AvgIpc) is 3.43. The van der Waals surface area contributed by atoms with E-state index in [0.717, 1.165) is 38.4 Å². The fourth-order valence-corrected chi connectivity index (χ4v) is 6.16. The number of anilines is 1. The average molecular weight is 520 g/mol. The summed E-state index contributed by atoms with van der Waals surface area (Å²) in [6.45, 7) is 0. The third-order valence-corrected chi connectivity index (χ3v) is 8.61. The highest BCUT2D eigenvalue weighted by Crippen LogP contribution is 2.35. The van der Waals surface area contributed by atoms with E-state index in [0.29, 0.717) is 16.3 Å². The van der Waals surface area contributed by atoms with Gasteiger partial charge in [-0.05, 0) is 46.5 Å². The SMILES string of the molecule is O=C(NN=Cc1c2ccccc2c(Cl)c2ccccc12)c1ccc(NS(=O)(=O)c2cccs2)cc1. The van der Waals surface area contributed by atoms with E-state index in [1.807, 2.05) is 48.5 Å². The summed E-state index contributed by atoms with van der Waals surface area (Å²) in [5, 5.41) is 10.2. The number of fused-ring (bicyclic) bond motifs is 2. The minimum absolute atomic E-state index is 0.218. The zero-order chi connectivity index (χ0) is 24.4. The number of hydrogen-bond donors (Lipinski definition) is 2. The van der Waals surface area contributed by atoms with Crippen LogP contribution < -0.4 is 10.1 Å². The van der Waals surface area contributed by atoms with Crippen molar-refractivity contribution in [2.45, 2.75) is 4.21 Å². The molecule has 0 aliphatic heterocycles. The van der Waals surface area contributed by atoms with Gasteiger partial charge in [-0.2, -0.15) is 5.10 Å². The molecule has 4 aromatic carbocycles. The lowest BCUT2D eigenvalue weighted by Gasteiger charge is -2.10. The molecule has 5 aromatic rings. The maximum absolute atomic E-state index is 12.6. The monoisotopic (exact) mass is 519 g/mol. The Balaban J connectivity index is 1.36. The van der Waals surface area contributed by atoms with Crippen molar-refractivity contribution in [3.05, 3.63) is 106 Å². The molecule has 1 heterocycles. The summed E-state index contributed by atoms with van der Waals surface area (Å²) in [5.74, 6) is -0.420. The largest absolute Gasteiger partial charge is 0.279 e. The van der Waals surface area contributed by atoms with Crippen LogP contribution in [0, 0.1) is 0 Å². The summed E-state index contributed by atoms with van der Waals surface area (Å²) in [6.07, 6.45) is 1.61. The van der Waals surface area contributed by atoms with Crippen molar-refractivity contribution in [2.24, 2.45) is 5.10 Å². The van der Waals surface area contributed by atoms with Gasteiger partial charge in [0.2, 0.25) is 0 Å². The first kappa shape index (κ1) is 23.0. The Bertz CT molecular complexity index is 1620. The van der Waals surface area contributed by atoms with Crippen LogP contribution in [0.4, 0.5) is 5.69 Å². The molecule has 0 spiro atoms. The van der Waals surface area contributed by atoms with E-state index in [1.165, 1.54) is 30.3 Å². The summed E-state index contributed by atoms with van der Waals surface area (Å²) < 4.78 is 27.4. The molecule has 0 aliphatic rings. The quantitative estimate of drug-likeness (QED) is 0.157. The van der Waals surface area contributed by atoms with Crippen LogP contribution in [0.5, 0.6) is 0 Å². The van der Waals surface area contributed by atoms with E-state index in [1.54, 1.807) is 17.7 Å². The second-order valence-corrected chi connectivity index (χ2v) is 10.9. The molecule has 0 saturated heterocycles. The van der Waals surface area contributed by atoms with Crippen LogP contribution in [0.15, 0.2) is 99.6 Å². The van der Waals surface area contributed by atoms with Gasteiger partial charge >= 0.3 is 0 Å². The molecule has 6 nitrogen and oxygen atoms in total. The van der Waals surface area contributed by atoms with Crippen molar-refractivity contribution in [3.8, 4) is 0 Å². The molecule has 0 aliphatic carbocycles. The van der Waals surface area contributed by atoms with Gasteiger partial charge in [-0.15, -0.1) is 11.3 Å². The second kappa shape index (κ2) is 9.50. The van der Waals surface area contributed by atoms with Crippen LogP contribution >= 0.6 is 22.9 Å². The molecule has 174 valence electrons. The van der Waals surface area contributed by atoms with Gasteiger partial charge in [0.25, 0.3) is 15.9 Å². The molecule has 1 amide bonds. The lowest BCUT2D eigenvalue weighted by molar-refractivity contribution is 0.0955. The Morgan fingerprint density at radius 1 is 0.829 bits per heavy atom. The van der Waals surface area contributed by atoms with Crippen LogP contribution in [0.2, 0.25) is 5.02 Å². The first-order valence-electron chi connectivity index (χ1n) is 10.5. The molecule has 5 rings (SSSR count). The number of nitrogens with one attached hydrogen (secondary N) is 2. The normalized spacial score (nSPS) is 11.8. The van der Waals surface area contributed by atoms with Crippen LogP contribution in [0.25, 0.3) is 21.5 Å². The maximum atomic E-state index is 12.6. The van der Waals surface area contributed by atoms with Crippen LogP contribution in [-0.2, 0) is 10.0 Å². The number of amides is 1. The molecule has 0 radical (unpaired) electrons. The van der Waals surface area contributed by atoms with E-state index in [4.69, 9.17) is 11.6 Å². The number of nitrogens with zero attached hydrogens (tertiary/aromatic N) is 1. The number of sulfonamides is 1. The topological polar surface area (TPSA) is 87.6 Å². The zero-order valence-corrected chi connectivity index (χ0v) is 20.5. The third kappa shape index (κ3) is 4.64. The van der Waals surface area contributed by atoms with E-state index in [-0.39, 0.29) is 4.21 Å².